The van der Waals surface area contributed by atoms with E-state index >= 15 is 0 Å². The Balaban J connectivity index is 1.49. The monoisotopic (exact) mass is 416 g/mol. The summed E-state index contributed by atoms with van der Waals surface area (Å²) < 4.78 is 24.6. The summed E-state index contributed by atoms with van der Waals surface area (Å²) in [6.07, 6.45) is -1.30. The Morgan fingerprint density at radius 3 is 2.50 bits per heavy atom. The minimum Gasteiger partial charge on any atom is -0.487 e. The molecule has 158 valence electrons. The van der Waals surface area contributed by atoms with Crippen molar-refractivity contribution < 1.29 is 33.7 Å². The lowest BCUT2D eigenvalue weighted by Gasteiger charge is -2.36. The molecule has 2 aromatic carbocycles. The molecule has 0 aromatic heterocycles. The third-order valence-corrected chi connectivity index (χ3v) is 5.26. The van der Waals surface area contributed by atoms with Crippen LogP contribution in [0.3, 0.4) is 0 Å². The van der Waals surface area contributed by atoms with Gasteiger partial charge in [0.2, 0.25) is 0 Å². The second-order valence-electron chi connectivity index (χ2n) is 7.34. The molecule has 4 N–H and O–H groups in total. The zero-order valence-electron chi connectivity index (χ0n) is 15.9. The SMILES string of the molecule is O=C(O)C[C@H]1C[C@@H]2c3cc(NC(=O)Nc4ccc(F)cc4)ccc3O[C@@H]2[C@H](CO)O1. The van der Waals surface area contributed by atoms with Crippen LogP contribution in [0, 0.1) is 5.82 Å². The standard InChI is InChI=1S/C21H21FN2O6/c22-11-1-3-12(4-2-11)23-21(28)24-13-5-6-17-15(7-13)16-8-14(9-19(26)27)29-18(10-25)20(16)30-17/h1-7,14,16,18,20,25H,8-10H2,(H,26,27)(H2,23,24,28)/t14-,16-,18+,20+/m1/s1. The fourth-order valence-corrected chi connectivity index (χ4v) is 3.99. The maximum atomic E-state index is 13.0. The first-order chi connectivity index (χ1) is 14.4. The molecule has 0 saturated carbocycles. The smallest absolute Gasteiger partial charge is 0.323 e. The molecular weight excluding hydrogens is 395 g/mol. The number of hydrogen-bond donors (Lipinski definition) is 4. The summed E-state index contributed by atoms with van der Waals surface area (Å²) in [6, 6.07) is 10.1. The van der Waals surface area contributed by atoms with E-state index in [1.807, 2.05) is 0 Å². The largest absolute Gasteiger partial charge is 0.487 e. The van der Waals surface area contributed by atoms with E-state index < -0.39 is 36.1 Å². The fraction of sp³-hybridized carbons (Fsp3) is 0.333. The summed E-state index contributed by atoms with van der Waals surface area (Å²) in [7, 11) is 0. The highest BCUT2D eigenvalue weighted by atomic mass is 19.1. The number of carboxylic acids is 1. The van der Waals surface area contributed by atoms with Gasteiger partial charge in [0.1, 0.15) is 23.8 Å². The lowest BCUT2D eigenvalue weighted by atomic mass is 9.84. The van der Waals surface area contributed by atoms with E-state index in [4.69, 9.17) is 14.6 Å². The topological polar surface area (TPSA) is 117 Å². The highest BCUT2D eigenvalue weighted by molar-refractivity contribution is 5.99. The molecule has 2 amide bonds. The van der Waals surface area contributed by atoms with Crippen LogP contribution < -0.4 is 15.4 Å². The van der Waals surface area contributed by atoms with Gasteiger partial charge in [0.25, 0.3) is 0 Å². The summed E-state index contributed by atoms with van der Waals surface area (Å²) in [5.41, 5.74) is 1.81. The lowest BCUT2D eigenvalue weighted by molar-refractivity contribution is -0.153. The van der Waals surface area contributed by atoms with Gasteiger partial charge in [0.05, 0.1) is 19.1 Å². The number of anilines is 2. The van der Waals surface area contributed by atoms with Gasteiger partial charge >= 0.3 is 12.0 Å². The Hall–Kier alpha value is -3.17. The average molecular weight is 416 g/mol. The summed E-state index contributed by atoms with van der Waals surface area (Å²) >= 11 is 0. The van der Waals surface area contributed by atoms with Crippen LogP contribution in [-0.2, 0) is 9.53 Å². The molecule has 2 aliphatic rings. The number of ether oxygens (including phenoxy) is 2. The molecule has 2 heterocycles. The van der Waals surface area contributed by atoms with Crippen molar-refractivity contribution in [2.24, 2.45) is 0 Å². The van der Waals surface area contributed by atoms with E-state index in [-0.39, 0.29) is 18.9 Å². The number of carboxylic acid groups (broad SMARTS) is 1. The molecule has 0 radical (unpaired) electrons. The number of amides is 2. The molecule has 4 rings (SSSR count). The van der Waals surface area contributed by atoms with Crippen molar-refractivity contribution in [2.45, 2.75) is 37.1 Å². The molecular formula is C21H21FN2O6. The molecule has 0 aliphatic carbocycles. The van der Waals surface area contributed by atoms with Gasteiger partial charge in [-0.3, -0.25) is 4.79 Å². The predicted octanol–water partition coefficient (Wildman–Crippen LogP) is 2.94. The van der Waals surface area contributed by atoms with Crippen molar-refractivity contribution >= 4 is 23.4 Å². The molecule has 0 spiro atoms. The number of urea groups is 1. The van der Waals surface area contributed by atoms with E-state index in [0.29, 0.717) is 23.5 Å². The van der Waals surface area contributed by atoms with E-state index in [9.17, 15) is 19.1 Å². The van der Waals surface area contributed by atoms with Crippen LogP contribution in [0.25, 0.3) is 0 Å². The average Bonchev–Trinajstić information content (AvgIpc) is 3.06. The summed E-state index contributed by atoms with van der Waals surface area (Å²) in [5.74, 6) is -0.903. The van der Waals surface area contributed by atoms with Gasteiger partial charge in [0.15, 0.2) is 0 Å². The van der Waals surface area contributed by atoms with Gasteiger partial charge in [-0.1, -0.05) is 0 Å². The zero-order valence-corrected chi connectivity index (χ0v) is 15.9. The number of nitrogens with one attached hydrogen (secondary N) is 2. The number of aliphatic carboxylic acids is 1. The molecule has 30 heavy (non-hydrogen) atoms. The van der Waals surface area contributed by atoms with E-state index in [1.165, 1.54) is 24.3 Å². The number of fused-ring (bicyclic) bond motifs is 3. The maximum Gasteiger partial charge on any atom is 0.323 e. The first-order valence-electron chi connectivity index (χ1n) is 9.55. The van der Waals surface area contributed by atoms with Crippen LogP contribution in [0.2, 0.25) is 0 Å². The zero-order chi connectivity index (χ0) is 21.3. The van der Waals surface area contributed by atoms with Crippen LogP contribution in [0.1, 0.15) is 24.3 Å². The first-order valence-corrected chi connectivity index (χ1v) is 9.55. The summed E-state index contributed by atoms with van der Waals surface area (Å²) in [6.45, 7) is -0.281. The molecule has 4 atom stereocenters. The third-order valence-electron chi connectivity index (χ3n) is 5.26. The second-order valence-corrected chi connectivity index (χ2v) is 7.34. The molecule has 0 unspecified atom stereocenters. The van der Waals surface area contributed by atoms with Crippen molar-refractivity contribution in [3.8, 4) is 5.75 Å². The predicted molar refractivity (Wildman–Crippen MR) is 105 cm³/mol. The van der Waals surface area contributed by atoms with Crippen LogP contribution >= 0.6 is 0 Å². The molecule has 1 saturated heterocycles. The Morgan fingerprint density at radius 1 is 1.10 bits per heavy atom. The molecule has 8 nitrogen and oxygen atoms in total. The van der Waals surface area contributed by atoms with E-state index in [2.05, 4.69) is 10.6 Å². The van der Waals surface area contributed by atoms with Crippen LogP contribution in [-0.4, -0.2) is 47.1 Å². The quantitative estimate of drug-likeness (QED) is 0.595. The number of carbonyl (C=O) groups is 2. The van der Waals surface area contributed by atoms with Gasteiger partial charge in [-0.05, 0) is 48.9 Å². The number of aliphatic hydroxyl groups is 1. The number of benzene rings is 2. The maximum absolute atomic E-state index is 13.0. The van der Waals surface area contributed by atoms with Crippen LogP contribution in [0.15, 0.2) is 42.5 Å². The number of aliphatic hydroxyl groups excluding tert-OH is 1. The van der Waals surface area contributed by atoms with E-state index in [1.54, 1.807) is 18.2 Å². The van der Waals surface area contributed by atoms with Gasteiger partial charge in [-0.2, -0.15) is 0 Å². The van der Waals surface area contributed by atoms with Crippen molar-refractivity contribution in [3.63, 3.8) is 0 Å². The number of hydrogen-bond acceptors (Lipinski definition) is 5. The highest BCUT2D eigenvalue weighted by Gasteiger charge is 2.46. The van der Waals surface area contributed by atoms with Crippen molar-refractivity contribution in [2.75, 3.05) is 17.2 Å². The highest BCUT2D eigenvalue weighted by Crippen LogP contribution is 2.47. The van der Waals surface area contributed by atoms with Gasteiger partial charge in [0, 0.05) is 22.9 Å². The van der Waals surface area contributed by atoms with Gasteiger partial charge < -0.3 is 30.3 Å². The Kier molecular flexibility index (Phi) is 5.56. The van der Waals surface area contributed by atoms with E-state index in [0.717, 1.165) is 5.56 Å². The molecule has 0 bridgehead atoms. The fourth-order valence-electron chi connectivity index (χ4n) is 3.99. The Morgan fingerprint density at radius 2 is 1.80 bits per heavy atom. The Bertz CT molecular complexity index is 951. The van der Waals surface area contributed by atoms with Crippen LogP contribution in [0.4, 0.5) is 20.6 Å². The Labute approximate surface area is 171 Å². The van der Waals surface area contributed by atoms with Crippen molar-refractivity contribution in [1.29, 1.82) is 0 Å². The molecule has 9 heteroatoms. The number of carbonyl (C=O) groups excluding carboxylic acids is 1. The van der Waals surface area contributed by atoms with Crippen molar-refractivity contribution in [1.82, 2.24) is 0 Å². The summed E-state index contributed by atoms with van der Waals surface area (Å²) in [5, 5.41) is 24.1. The van der Waals surface area contributed by atoms with Crippen LogP contribution in [0.5, 0.6) is 5.75 Å². The lowest BCUT2D eigenvalue weighted by Crippen LogP contribution is -2.46. The summed E-state index contributed by atoms with van der Waals surface area (Å²) in [4.78, 5) is 23.4. The van der Waals surface area contributed by atoms with Gasteiger partial charge in [-0.25, -0.2) is 9.18 Å². The minimum atomic E-state index is -0.970. The molecule has 2 aromatic rings. The number of rotatable bonds is 5. The third kappa shape index (κ3) is 4.22. The second kappa shape index (κ2) is 8.29. The minimum absolute atomic E-state index is 0.155. The first kappa shape index (κ1) is 20.1. The normalized spacial score (nSPS) is 24.3. The number of halogens is 1. The van der Waals surface area contributed by atoms with Crippen molar-refractivity contribution in [3.05, 3.63) is 53.8 Å². The molecule has 2 aliphatic heterocycles. The van der Waals surface area contributed by atoms with Gasteiger partial charge in [-0.15, -0.1) is 0 Å². The molecule has 1 fully saturated rings.